The molecule has 0 saturated carbocycles. The molecule has 0 fully saturated rings. The third-order valence-electron chi connectivity index (χ3n) is 5.61. The van der Waals surface area contributed by atoms with Gasteiger partial charge in [-0.15, -0.1) is 0 Å². The fourth-order valence-corrected chi connectivity index (χ4v) is 5.02. The van der Waals surface area contributed by atoms with Crippen molar-refractivity contribution in [2.75, 3.05) is 13.7 Å². The van der Waals surface area contributed by atoms with Gasteiger partial charge in [-0.05, 0) is 43.5 Å². The molecule has 0 saturated heterocycles. The van der Waals surface area contributed by atoms with Crippen molar-refractivity contribution in [3.05, 3.63) is 71.3 Å². The molecular formula is C25H29F2N3O3S. The highest BCUT2D eigenvalue weighted by Gasteiger charge is 2.49. The van der Waals surface area contributed by atoms with Crippen LogP contribution in [0.15, 0.2) is 53.6 Å². The molecule has 0 bridgehead atoms. The summed E-state index contributed by atoms with van der Waals surface area (Å²) < 4.78 is 33.9. The molecule has 0 aromatic heterocycles. The smallest absolute Gasteiger partial charge is 0.273 e. The van der Waals surface area contributed by atoms with Gasteiger partial charge in [0, 0.05) is 25.1 Å². The predicted molar refractivity (Wildman–Crippen MR) is 129 cm³/mol. The predicted octanol–water partition coefficient (Wildman–Crippen LogP) is 4.64. The number of carbonyl (C=O) groups excluding carboxylic acids is 2. The van der Waals surface area contributed by atoms with E-state index in [1.165, 1.54) is 23.9 Å². The van der Waals surface area contributed by atoms with E-state index in [4.69, 9.17) is 4.74 Å². The quantitative estimate of drug-likeness (QED) is 0.521. The molecule has 2 amide bonds. The first-order valence-corrected chi connectivity index (χ1v) is 11.9. The Morgan fingerprint density at radius 2 is 1.85 bits per heavy atom. The van der Waals surface area contributed by atoms with E-state index < -0.39 is 28.5 Å². The second kappa shape index (κ2) is 11.1. The highest BCUT2D eigenvalue weighted by atomic mass is 32.2. The summed E-state index contributed by atoms with van der Waals surface area (Å²) in [5, 5.41) is 8.90. The van der Waals surface area contributed by atoms with Gasteiger partial charge in [-0.2, -0.15) is 5.10 Å². The van der Waals surface area contributed by atoms with Gasteiger partial charge < -0.3 is 10.1 Å². The minimum Gasteiger partial charge on any atom is -0.372 e. The fourth-order valence-electron chi connectivity index (χ4n) is 3.59. The second-order valence-electron chi connectivity index (χ2n) is 8.36. The van der Waals surface area contributed by atoms with Crippen molar-refractivity contribution < 1.29 is 23.1 Å². The van der Waals surface area contributed by atoms with Gasteiger partial charge in [0.2, 0.25) is 5.91 Å². The summed E-state index contributed by atoms with van der Waals surface area (Å²) in [5.41, 5.74) is 0.765. The molecule has 6 nitrogen and oxygen atoms in total. The third kappa shape index (κ3) is 5.47. The molecule has 0 radical (unpaired) electrons. The molecule has 0 spiro atoms. The van der Waals surface area contributed by atoms with Crippen LogP contribution in [0.25, 0.3) is 0 Å². The van der Waals surface area contributed by atoms with E-state index in [2.05, 4.69) is 10.4 Å². The zero-order valence-corrected chi connectivity index (χ0v) is 20.5. The average molecular weight is 490 g/mol. The molecule has 1 aliphatic rings. The van der Waals surface area contributed by atoms with Crippen molar-refractivity contribution in [1.29, 1.82) is 0 Å². The minimum absolute atomic E-state index is 0.0150. The first-order valence-electron chi connectivity index (χ1n) is 11.1. The maximum Gasteiger partial charge on any atom is 0.273 e. The number of methoxy groups -OCH3 is 1. The summed E-state index contributed by atoms with van der Waals surface area (Å²) >= 11 is 1.20. The number of nitrogens with one attached hydrogen (secondary N) is 1. The first kappa shape index (κ1) is 25.8. The van der Waals surface area contributed by atoms with Gasteiger partial charge in [-0.3, -0.25) is 9.59 Å². The number of ether oxygens (including phenoxy) is 1. The van der Waals surface area contributed by atoms with E-state index in [-0.39, 0.29) is 22.4 Å². The Balaban J connectivity index is 2.03. The van der Waals surface area contributed by atoms with Gasteiger partial charge in [0.15, 0.2) is 0 Å². The summed E-state index contributed by atoms with van der Waals surface area (Å²) in [6.45, 7) is 5.64. The molecule has 1 N–H and O–H groups in total. The molecule has 2 atom stereocenters. The third-order valence-corrected chi connectivity index (χ3v) is 7.05. The van der Waals surface area contributed by atoms with Crippen LogP contribution in [-0.2, 0) is 19.2 Å². The number of hydrogen-bond acceptors (Lipinski definition) is 5. The summed E-state index contributed by atoms with van der Waals surface area (Å²) in [6, 6.07) is 12.5. The van der Waals surface area contributed by atoms with E-state index in [1.807, 2.05) is 44.2 Å². The Kier molecular flexibility index (Phi) is 8.43. The number of hydrazone groups is 1. The number of nitrogens with zero attached hydrogens (tertiary/aromatic N) is 2. The second-order valence-corrected chi connectivity index (χ2v) is 9.63. The highest BCUT2D eigenvalue weighted by Crippen LogP contribution is 2.50. The summed E-state index contributed by atoms with van der Waals surface area (Å²) in [4.78, 5) is 24.3. The molecule has 3 rings (SSSR count). The van der Waals surface area contributed by atoms with Crippen LogP contribution in [0.5, 0.6) is 0 Å². The minimum atomic E-state index is -1.03. The zero-order chi connectivity index (χ0) is 24.9. The largest absolute Gasteiger partial charge is 0.372 e. The Labute approximate surface area is 202 Å². The van der Waals surface area contributed by atoms with Crippen molar-refractivity contribution in [1.82, 2.24) is 10.3 Å². The Morgan fingerprint density at radius 3 is 2.50 bits per heavy atom. The average Bonchev–Trinajstić information content (AvgIpc) is 3.23. The van der Waals surface area contributed by atoms with Crippen molar-refractivity contribution in [3.63, 3.8) is 0 Å². The maximum absolute atomic E-state index is 14.7. The molecule has 34 heavy (non-hydrogen) atoms. The highest BCUT2D eigenvalue weighted by molar-refractivity contribution is 8.15. The normalized spacial score (nSPS) is 18.7. The van der Waals surface area contributed by atoms with Crippen LogP contribution < -0.4 is 5.32 Å². The monoisotopic (exact) mass is 489 g/mol. The number of rotatable bonds is 9. The van der Waals surface area contributed by atoms with Crippen molar-refractivity contribution >= 4 is 28.6 Å². The number of amides is 2. The number of benzene rings is 2. The molecule has 0 aliphatic carbocycles. The Morgan fingerprint density at radius 1 is 1.15 bits per heavy atom. The summed E-state index contributed by atoms with van der Waals surface area (Å²) in [7, 11) is 1.42. The molecule has 1 heterocycles. The molecule has 182 valence electrons. The van der Waals surface area contributed by atoms with E-state index in [9.17, 15) is 18.4 Å². The number of halogens is 2. The molecule has 2 aromatic carbocycles. The topological polar surface area (TPSA) is 71.0 Å². The van der Waals surface area contributed by atoms with E-state index in [0.29, 0.717) is 19.4 Å². The van der Waals surface area contributed by atoms with Crippen LogP contribution in [0.4, 0.5) is 8.78 Å². The molecule has 2 unspecified atom stereocenters. The van der Waals surface area contributed by atoms with Crippen LogP contribution in [0.1, 0.15) is 44.7 Å². The van der Waals surface area contributed by atoms with Crippen LogP contribution in [0, 0.1) is 17.6 Å². The lowest BCUT2D eigenvalue weighted by Crippen LogP contribution is -2.46. The molecular weight excluding hydrogens is 460 g/mol. The SMILES string of the molecule is COC(C)C(=O)N1N=C(c2cc(F)ccc2F)SC1(CCCNC(=O)C(C)C)c1ccccc1. The standard InChI is InChI=1S/C25H29F2N3O3S/c1-16(2)22(31)28-14-8-13-25(18-9-6-5-7-10-18)30(24(32)17(3)33-4)29-23(34-25)20-15-19(26)11-12-21(20)27/h5-7,9-12,15-17H,8,13-14H2,1-4H3,(H,28,31). The van der Waals surface area contributed by atoms with Gasteiger partial charge in [-0.25, -0.2) is 13.8 Å². The van der Waals surface area contributed by atoms with Gasteiger partial charge in [0.1, 0.15) is 27.7 Å². The van der Waals surface area contributed by atoms with E-state index in [0.717, 1.165) is 23.8 Å². The van der Waals surface area contributed by atoms with Gasteiger partial charge >= 0.3 is 0 Å². The lowest BCUT2D eigenvalue weighted by molar-refractivity contribution is -0.144. The fraction of sp³-hybridized carbons (Fsp3) is 0.400. The van der Waals surface area contributed by atoms with Crippen molar-refractivity contribution in [3.8, 4) is 0 Å². The Bertz CT molecular complexity index is 1060. The van der Waals surface area contributed by atoms with Gasteiger partial charge in [-0.1, -0.05) is 55.9 Å². The molecule has 2 aromatic rings. The summed E-state index contributed by atoms with van der Waals surface area (Å²) in [5.74, 6) is -1.84. The number of carbonyl (C=O) groups is 2. The number of hydrogen-bond donors (Lipinski definition) is 1. The Hall–Kier alpha value is -2.78. The van der Waals surface area contributed by atoms with Crippen LogP contribution in [-0.4, -0.2) is 41.6 Å². The van der Waals surface area contributed by atoms with Crippen molar-refractivity contribution in [2.45, 2.75) is 44.6 Å². The zero-order valence-electron chi connectivity index (χ0n) is 19.7. The van der Waals surface area contributed by atoms with Gasteiger partial charge in [0.25, 0.3) is 5.91 Å². The lowest BCUT2D eigenvalue weighted by Gasteiger charge is -2.37. The van der Waals surface area contributed by atoms with Gasteiger partial charge in [0.05, 0.1) is 0 Å². The van der Waals surface area contributed by atoms with Crippen LogP contribution in [0.2, 0.25) is 0 Å². The molecule has 1 aliphatic heterocycles. The molecule has 9 heteroatoms. The van der Waals surface area contributed by atoms with E-state index in [1.54, 1.807) is 6.92 Å². The van der Waals surface area contributed by atoms with Crippen LogP contribution >= 0.6 is 11.8 Å². The van der Waals surface area contributed by atoms with Crippen LogP contribution in [0.3, 0.4) is 0 Å². The maximum atomic E-state index is 14.7. The lowest BCUT2D eigenvalue weighted by atomic mass is 9.99. The summed E-state index contributed by atoms with van der Waals surface area (Å²) in [6.07, 6.45) is 0.135. The van der Waals surface area contributed by atoms with Crippen molar-refractivity contribution in [2.24, 2.45) is 11.0 Å². The van der Waals surface area contributed by atoms with E-state index >= 15 is 0 Å². The number of thioether (sulfide) groups is 1. The first-order chi connectivity index (χ1) is 16.2.